The molecule has 0 radical (unpaired) electrons. The van der Waals surface area contributed by atoms with Crippen LogP contribution in [-0.4, -0.2) is 60.6 Å². The van der Waals surface area contributed by atoms with E-state index < -0.39 is 10.8 Å². The van der Waals surface area contributed by atoms with Crippen LogP contribution < -0.4 is 10.6 Å². The van der Waals surface area contributed by atoms with Crippen LogP contribution in [-0.2, 0) is 10.8 Å². The molecule has 1 heterocycles. The molecule has 0 amide bonds. The molecular formula is C17H28N4OS. The van der Waals surface area contributed by atoms with Crippen LogP contribution in [0, 0.1) is 0 Å². The van der Waals surface area contributed by atoms with E-state index in [4.69, 9.17) is 0 Å². The summed E-state index contributed by atoms with van der Waals surface area (Å²) in [6.45, 7) is 5.01. The zero-order valence-corrected chi connectivity index (χ0v) is 14.8. The van der Waals surface area contributed by atoms with E-state index in [1.165, 1.54) is 32.4 Å². The first-order valence-corrected chi connectivity index (χ1v) is 9.72. The standard InChI is InChI=1S/C17H28N4OS/c1-18-17(19-10-14-21-12-6-3-7-13-21)20-11-15-23(22)16-8-4-2-5-9-16/h2,4-5,8-9H,3,6-7,10-15H2,1H3,(H2,18,19,20). The van der Waals surface area contributed by atoms with Crippen molar-refractivity contribution in [2.75, 3.05) is 45.5 Å². The van der Waals surface area contributed by atoms with Crippen LogP contribution in [0.15, 0.2) is 40.2 Å². The van der Waals surface area contributed by atoms with E-state index in [9.17, 15) is 4.21 Å². The van der Waals surface area contributed by atoms with Crippen molar-refractivity contribution in [3.63, 3.8) is 0 Å². The van der Waals surface area contributed by atoms with E-state index >= 15 is 0 Å². The molecule has 1 aliphatic rings. The van der Waals surface area contributed by atoms with Gasteiger partial charge >= 0.3 is 0 Å². The van der Waals surface area contributed by atoms with Gasteiger partial charge in [-0.25, -0.2) is 0 Å². The minimum Gasteiger partial charge on any atom is -0.355 e. The van der Waals surface area contributed by atoms with Gasteiger partial charge in [-0.15, -0.1) is 0 Å². The Morgan fingerprint density at radius 3 is 2.52 bits per heavy atom. The maximum absolute atomic E-state index is 12.1. The third-order valence-electron chi connectivity index (χ3n) is 3.98. The van der Waals surface area contributed by atoms with Gasteiger partial charge in [-0.3, -0.25) is 9.20 Å². The molecule has 5 nitrogen and oxygen atoms in total. The number of hydrogen-bond donors (Lipinski definition) is 2. The maximum Gasteiger partial charge on any atom is 0.191 e. The van der Waals surface area contributed by atoms with Crippen LogP contribution in [0.1, 0.15) is 19.3 Å². The first kappa shape index (κ1) is 17.9. The summed E-state index contributed by atoms with van der Waals surface area (Å²) in [4.78, 5) is 7.59. The fraction of sp³-hybridized carbons (Fsp3) is 0.588. The highest BCUT2D eigenvalue weighted by Gasteiger charge is 2.09. The minimum absolute atomic E-state index is 0.580. The van der Waals surface area contributed by atoms with Gasteiger partial charge in [0.2, 0.25) is 0 Å². The number of hydrogen-bond acceptors (Lipinski definition) is 3. The average molecular weight is 337 g/mol. The second-order valence-electron chi connectivity index (χ2n) is 5.69. The Kier molecular flexibility index (Phi) is 8.11. The number of rotatable bonds is 7. The van der Waals surface area contributed by atoms with Gasteiger partial charge in [-0.1, -0.05) is 24.6 Å². The van der Waals surface area contributed by atoms with Gasteiger partial charge in [0.05, 0.1) is 10.8 Å². The quantitative estimate of drug-likeness (QED) is 0.584. The predicted molar refractivity (Wildman–Crippen MR) is 97.4 cm³/mol. The predicted octanol–water partition coefficient (Wildman–Crippen LogP) is 1.45. The number of benzene rings is 1. The molecule has 0 aromatic heterocycles. The molecule has 1 saturated heterocycles. The van der Waals surface area contributed by atoms with E-state index in [2.05, 4.69) is 20.5 Å². The molecule has 2 N–H and O–H groups in total. The van der Waals surface area contributed by atoms with E-state index in [0.29, 0.717) is 12.3 Å². The number of nitrogens with one attached hydrogen (secondary N) is 2. The van der Waals surface area contributed by atoms with Gasteiger partial charge in [0, 0.05) is 37.3 Å². The first-order chi connectivity index (χ1) is 11.3. The average Bonchev–Trinajstić information content (AvgIpc) is 2.62. The van der Waals surface area contributed by atoms with E-state index in [0.717, 1.165) is 23.9 Å². The lowest BCUT2D eigenvalue weighted by molar-refractivity contribution is 0.232. The largest absolute Gasteiger partial charge is 0.355 e. The van der Waals surface area contributed by atoms with Gasteiger partial charge in [-0.2, -0.15) is 0 Å². The fourth-order valence-electron chi connectivity index (χ4n) is 2.69. The van der Waals surface area contributed by atoms with Crippen molar-refractivity contribution < 1.29 is 4.21 Å². The third kappa shape index (κ3) is 6.71. The highest BCUT2D eigenvalue weighted by atomic mass is 32.2. The van der Waals surface area contributed by atoms with E-state index in [1.807, 2.05) is 30.3 Å². The molecule has 2 rings (SSSR count). The minimum atomic E-state index is -0.965. The Balaban J connectivity index is 1.62. The Bertz CT molecular complexity index is 501. The topological polar surface area (TPSA) is 56.7 Å². The van der Waals surface area contributed by atoms with Gasteiger partial charge in [-0.05, 0) is 38.1 Å². The first-order valence-electron chi connectivity index (χ1n) is 8.40. The van der Waals surface area contributed by atoms with Crippen molar-refractivity contribution in [3.8, 4) is 0 Å². The maximum atomic E-state index is 12.1. The molecule has 6 heteroatoms. The highest BCUT2D eigenvalue weighted by Crippen LogP contribution is 2.07. The van der Waals surface area contributed by atoms with Gasteiger partial charge in [0.1, 0.15) is 0 Å². The lowest BCUT2D eigenvalue weighted by Crippen LogP contribution is -2.43. The highest BCUT2D eigenvalue weighted by molar-refractivity contribution is 7.85. The van der Waals surface area contributed by atoms with Gasteiger partial charge in [0.25, 0.3) is 0 Å². The van der Waals surface area contributed by atoms with Crippen molar-refractivity contribution in [2.24, 2.45) is 4.99 Å². The zero-order valence-electron chi connectivity index (χ0n) is 14.0. The second kappa shape index (κ2) is 10.4. The molecule has 1 unspecified atom stereocenters. The molecule has 0 spiro atoms. The summed E-state index contributed by atoms with van der Waals surface area (Å²) < 4.78 is 12.1. The fourth-order valence-corrected chi connectivity index (χ4v) is 3.67. The van der Waals surface area contributed by atoms with Crippen LogP contribution in [0.2, 0.25) is 0 Å². The number of nitrogens with zero attached hydrogens (tertiary/aromatic N) is 2. The molecule has 1 aromatic rings. The number of piperidine rings is 1. The Morgan fingerprint density at radius 1 is 1.13 bits per heavy atom. The lowest BCUT2D eigenvalue weighted by atomic mass is 10.1. The third-order valence-corrected chi connectivity index (χ3v) is 5.35. The lowest BCUT2D eigenvalue weighted by Gasteiger charge is -2.26. The molecule has 1 fully saturated rings. The van der Waals surface area contributed by atoms with Crippen molar-refractivity contribution >= 4 is 16.8 Å². The molecular weight excluding hydrogens is 308 g/mol. The van der Waals surface area contributed by atoms with Gasteiger partial charge < -0.3 is 15.5 Å². The molecule has 0 bridgehead atoms. The SMILES string of the molecule is CN=C(NCCN1CCCCC1)NCCS(=O)c1ccccc1. The smallest absolute Gasteiger partial charge is 0.191 e. The van der Waals surface area contributed by atoms with Crippen LogP contribution >= 0.6 is 0 Å². The van der Waals surface area contributed by atoms with Gasteiger partial charge in [0.15, 0.2) is 5.96 Å². The monoisotopic (exact) mass is 336 g/mol. The molecule has 1 aromatic carbocycles. The summed E-state index contributed by atoms with van der Waals surface area (Å²) in [7, 11) is 0.803. The summed E-state index contributed by atoms with van der Waals surface area (Å²) in [6, 6.07) is 9.58. The summed E-state index contributed by atoms with van der Waals surface area (Å²) in [5, 5.41) is 6.56. The Labute approximate surface area is 142 Å². The van der Waals surface area contributed by atoms with Crippen molar-refractivity contribution in [2.45, 2.75) is 24.2 Å². The summed E-state index contributed by atoms with van der Waals surface area (Å²) in [5.41, 5.74) is 0. The Morgan fingerprint density at radius 2 is 1.83 bits per heavy atom. The summed E-state index contributed by atoms with van der Waals surface area (Å²) in [6.07, 6.45) is 4.00. The van der Waals surface area contributed by atoms with Crippen LogP contribution in [0.25, 0.3) is 0 Å². The van der Waals surface area contributed by atoms with Crippen LogP contribution in [0.4, 0.5) is 0 Å². The summed E-state index contributed by atoms with van der Waals surface area (Å²) >= 11 is 0. The van der Waals surface area contributed by atoms with Crippen LogP contribution in [0.3, 0.4) is 0 Å². The Hall–Kier alpha value is -1.40. The summed E-state index contributed by atoms with van der Waals surface area (Å²) in [5.74, 6) is 1.36. The van der Waals surface area contributed by atoms with Crippen molar-refractivity contribution in [1.29, 1.82) is 0 Å². The number of aliphatic imine (C=N–C) groups is 1. The van der Waals surface area contributed by atoms with Crippen molar-refractivity contribution in [3.05, 3.63) is 30.3 Å². The molecule has 1 atom stereocenters. The number of likely N-dealkylation sites (tertiary alicyclic amines) is 1. The molecule has 1 aliphatic heterocycles. The second-order valence-corrected chi connectivity index (χ2v) is 7.26. The van der Waals surface area contributed by atoms with E-state index in [-0.39, 0.29) is 0 Å². The molecule has 23 heavy (non-hydrogen) atoms. The zero-order chi connectivity index (χ0) is 16.3. The molecule has 0 saturated carbocycles. The normalized spacial score (nSPS) is 17.7. The number of guanidine groups is 1. The van der Waals surface area contributed by atoms with Crippen LogP contribution in [0.5, 0.6) is 0 Å². The van der Waals surface area contributed by atoms with E-state index in [1.54, 1.807) is 7.05 Å². The molecule has 128 valence electrons. The van der Waals surface area contributed by atoms with Crippen molar-refractivity contribution in [1.82, 2.24) is 15.5 Å². The molecule has 0 aliphatic carbocycles.